The number of amides is 1. The lowest BCUT2D eigenvalue weighted by atomic mass is 9.69. The van der Waals surface area contributed by atoms with Crippen LogP contribution in [0.1, 0.15) is 65.7 Å². The van der Waals surface area contributed by atoms with Gasteiger partial charge in [0, 0.05) is 18.0 Å². The number of nitrogens with two attached hydrogens (primary N) is 1. The lowest BCUT2D eigenvalue weighted by Crippen LogP contribution is -2.49. The summed E-state index contributed by atoms with van der Waals surface area (Å²) in [5.41, 5.74) is 6.67. The van der Waals surface area contributed by atoms with Gasteiger partial charge in [-0.05, 0) is 55.3 Å². The van der Waals surface area contributed by atoms with E-state index in [0.29, 0.717) is 11.5 Å². The molecule has 3 saturated carbocycles. The van der Waals surface area contributed by atoms with Crippen molar-refractivity contribution in [3.05, 3.63) is 0 Å². The summed E-state index contributed by atoms with van der Waals surface area (Å²) in [6.07, 6.45) is 7.87. The molecule has 0 aromatic carbocycles. The molecular weight excluding hydrogens is 284 g/mol. The number of hydrogen-bond acceptors (Lipinski definition) is 2. The summed E-state index contributed by atoms with van der Waals surface area (Å²) >= 11 is 0. The Balaban J connectivity index is 0.00000161. The van der Waals surface area contributed by atoms with Gasteiger partial charge in [-0.2, -0.15) is 0 Å². The molecule has 21 heavy (non-hydrogen) atoms. The number of carbonyl (C=O) groups is 1. The summed E-state index contributed by atoms with van der Waals surface area (Å²) in [6.45, 7) is 7.18. The number of fused-ring (bicyclic) bond motifs is 2. The number of nitrogens with one attached hydrogen (secondary N) is 1. The van der Waals surface area contributed by atoms with Gasteiger partial charge in [0.25, 0.3) is 0 Å². The van der Waals surface area contributed by atoms with Gasteiger partial charge < -0.3 is 11.1 Å². The van der Waals surface area contributed by atoms with E-state index in [1.165, 1.54) is 19.3 Å². The zero-order valence-electron chi connectivity index (χ0n) is 13.7. The molecule has 0 spiro atoms. The van der Waals surface area contributed by atoms with Gasteiger partial charge in [-0.15, -0.1) is 12.4 Å². The van der Waals surface area contributed by atoms with Crippen molar-refractivity contribution in [2.45, 2.75) is 77.8 Å². The highest BCUT2D eigenvalue weighted by Crippen LogP contribution is 2.65. The third-order valence-electron chi connectivity index (χ3n) is 7.20. The first-order valence-corrected chi connectivity index (χ1v) is 8.40. The second-order valence-electron chi connectivity index (χ2n) is 8.30. The zero-order valence-corrected chi connectivity index (χ0v) is 14.5. The Morgan fingerprint density at radius 2 is 1.86 bits per heavy atom. The maximum absolute atomic E-state index is 12.6. The standard InChI is InChI=1S/C17H30N2O.ClH/c1-16(2)12-7-8-17(16,3)14(10-12)19-15(20)11-5-4-6-13(18)9-11;/h11-14H,4-10,18H2,1-3H3,(H,19,20);1H. The maximum atomic E-state index is 12.6. The van der Waals surface area contributed by atoms with Crippen molar-refractivity contribution >= 4 is 18.3 Å². The highest BCUT2D eigenvalue weighted by Gasteiger charge is 2.61. The highest BCUT2D eigenvalue weighted by atomic mass is 35.5. The zero-order chi connectivity index (χ0) is 14.5. The molecule has 3 aliphatic rings. The van der Waals surface area contributed by atoms with Gasteiger partial charge >= 0.3 is 0 Å². The molecule has 4 heteroatoms. The highest BCUT2D eigenvalue weighted by molar-refractivity contribution is 5.85. The first kappa shape index (κ1) is 17.1. The van der Waals surface area contributed by atoms with Crippen LogP contribution in [0, 0.1) is 22.7 Å². The van der Waals surface area contributed by atoms with E-state index in [4.69, 9.17) is 5.73 Å². The predicted octanol–water partition coefficient (Wildman–Crippen LogP) is 3.26. The maximum Gasteiger partial charge on any atom is 0.223 e. The summed E-state index contributed by atoms with van der Waals surface area (Å²) < 4.78 is 0. The molecule has 5 atom stereocenters. The number of rotatable bonds is 2. The van der Waals surface area contributed by atoms with E-state index in [0.717, 1.165) is 31.6 Å². The molecule has 1 amide bonds. The summed E-state index contributed by atoms with van der Waals surface area (Å²) in [6, 6.07) is 0.605. The predicted molar refractivity (Wildman–Crippen MR) is 88.3 cm³/mol. The van der Waals surface area contributed by atoms with Gasteiger partial charge in [-0.25, -0.2) is 0 Å². The van der Waals surface area contributed by atoms with E-state index in [9.17, 15) is 4.79 Å². The van der Waals surface area contributed by atoms with Crippen LogP contribution in [0.5, 0.6) is 0 Å². The molecule has 0 aromatic rings. The summed E-state index contributed by atoms with van der Waals surface area (Å²) in [5, 5.41) is 3.40. The molecule has 5 unspecified atom stereocenters. The molecule has 3 nitrogen and oxygen atoms in total. The minimum atomic E-state index is 0. The number of carbonyl (C=O) groups excluding carboxylic acids is 1. The third kappa shape index (κ3) is 2.61. The monoisotopic (exact) mass is 314 g/mol. The van der Waals surface area contributed by atoms with Crippen molar-refractivity contribution in [2.24, 2.45) is 28.4 Å². The second-order valence-corrected chi connectivity index (χ2v) is 8.30. The quantitative estimate of drug-likeness (QED) is 0.822. The van der Waals surface area contributed by atoms with Crippen LogP contribution in [0.2, 0.25) is 0 Å². The smallest absolute Gasteiger partial charge is 0.223 e. The molecule has 0 radical (unpaired) electrons. The first-order valence-electron chi connectivity index (χ1n) is 8.40. The van der Waals surface area contributed by atoms with Crippen molar-refractivity contribution in [1.82, 2.24) is 5.32 Å². The Kier molecular flexibility index (Phi) is 4.66. The van der Waals surface area contributed by atoms with Gasteiger partial charge in [0.15, 0.2) is 0 Å². The van der Waals surface area contributed by atoms with Crippen LogP contribution in [0.25, 0.3) is 0 Å². The van der Waals surface area contributed by atoms with Crippen LogP contribution in [0.3, 0.4) is 0 Å². The SMILES string of the molecule is CC1(C)C2CCC1(C)C(NC(=O)C1CCCC(N)C1)C2.Cl. The van der Waals surface area contributed by atoms with Gasteiger partial charge in [-0.3, -0.25) is 4.79 Å². The van der Waals surface area contributed by atoms with Crippen molar-refractivity contribution in [1.29, 1.82) is 0 Å². The van der Waals surface area contributed by atoms with Crippen molar-refractivity contribution in [3.63, 3.8) is 0 Å². The van der Waals surface area contributed by atoms with Crippen LogP contribution in [-0.2, 0) is 4.79 Å². The second kappa shape index (κ2) is 5.73. The lowest BCUT2D eigenvalue weighted by Gasteiger charge is -2.40. The summed E-state index contributed by atoms with van der Waals surface area (Å²) in [4.78, 5) is 12.6. The molecule has 3 N–H and O–H groups in total. The van der Waals surface area contributed by atoms with E-state index >= 15 is 0 Å². The fraction of sp³-hybridized carbons (Fsp3) is 0.941. The molecule has 3 rings (SSSR count). The summed E-state index contributed by atoms with van der Waals surface area (Å²) in [7, 11) is 0. The molecule has 0 aromatic heterocycles. The Morgan fingerprint density at radius 1 is 1.14 bits per heavy atom. The van der Waals surface area contributed by atoms with Crippen molar-refractivity contribution in [2.75, 3.05) is 0 Å². The van der Waals surface area contributed by atoms with E-state index in [-0.39, 0.29) is 35.7 Å². The molecule has 0 aliphatic heterocycles. The summed E-state index contributed by atoms with van der Waals surface area (Å²) in [5.74, 6) is 1.21. The molecule has 0 saturated heterocycles. The largest absolute Gasteiger partial charge is 0.353 e. The normalized spacial score (nSPS) is 44.2. The molecule has 3 fully saturated rings. The Hall–Kier alpha value is -0.280. The van der Waals surface area contributed by atoms with Crippen LogP contribution in [0.4, 0.5) is 0 Å². The Bertz CT molecular complexity index is 412. The van der Waals surface area contributed by atoms with Gasteiger partial charge in [0.1, 0.15) is 0 Å². The topological polar surface area (TPSA) is 55.1 Å². The van der Waals surface area contributed by atoms with E-state index in [1.807, 2.05) is 0 Å². The van der Waals surface area contributed by atoms with Crippen LogP contribution >= 0.6 is 12.4 Å². The average molecular weight is 315 g/mol. The van der Waals surface area contributed by atoms with E-state index in [2.05, 4.69) is 26.1 Å². The molecule has 3 aliphatic carbocycles. The first-order chi connectivity index (χ1) is 9.34. The van der Waals surface area contributed by atoms with Gasteiger partial charge in [-0.1, -0.05) is 27.2 Å². The van der Waals surface area contributed by atoms with E-state index in [1.54, 1.807) is 0 Å². The molecular formula is C17H31ClN2O. The average Bonchev–Trinajstić information content (AvgIpc) is 2.72. The fourth-order valence-corrected chi connectivity index (χ4v) is 5.18. The Labute approximate surface area is 135 Å². The van der Waals surface area contributed by atoms with Crippen LogP contribution in [-0.4, -0.2) is 18.0 Å². The fourth-order valence-electron chi connectivity index (χ4n) is 5.18. The number of halogens is 1. The molecule has 0 heterocycles. The van der Waals surface area contributed by atoms with Gasteiger partial charge in [0.2, 0.25) is 5.91 Å². The third-order valence-corrected chi connectivity index (χ3v) is 7.20. The van der Waals surface area contributed by atoms with Crippen LogP contribution < -0.4 is 11.1 Å². The molecule has 122 valence electrons. The van der Waals surface area contributed by atoms with Crippen molar-refractivity contribution < 1.29 is 4.79 Å². The number of hydrogen-bond donors (Lipinski definition) is 2. The minimum absolute atomic E-state index is 0. The van der Waals surface area contributed by atoms with E-state index < -0.39 is 0 Å². The minimum Gasteiger partial charge on any atom is -0.353 e. The molecule has 2 bridgehead atoms. The van der Waals surface area contributed by atoms with Crippen molar-refractivity contribution in [3.8, 4) is 0 Å². The van der Waals surface area contributed by atoms with Gasteiger partial charge in [0.05, 0.1) is 0 Å². The van der Waals surface area contributed by atoms with Crippen LogP contribution in [0.15, 0.2) is 0 Å². The lowest BCUT2D eigenvalue weighted by molar-refractivity contribution is -0.127. The Morgan fingerprint density at radius 3 is 2.38 bits per heavy atom.